The van der Waals surface area contributed by atoms with Gasteiger partial charge in [0.25, 0.3) is 23.5 Å². The van der Waals surface area contributed by atoms with Gasteiger partial charge in [-0.3, -0.25) is 13.7 Å². The zero-order valence-electron chi connectivity index (χ0n) is 20.0. The highest BCUT2D eigenvalue weighted by molar-refractivity contribution is 7.65. The normalized spacial score (nSPS) is 28.2. The summed E-state index contributed by atoms with van der Waals surface area (Å²) in [4.78, 5) is 45.7. The van der Waals surface area contributed by atoms with Crippen molar-refractivity contribution in [3.8, 4) is 0 Å². The van der Waals surface area contributed by atoms with Crippen LogP contribution < -0.4 is 50.7 Å². The van der Waals surface area contributed by atoms with Crippen LogP contribution in [-0.2, 0) is 31.6 Å². The first-order chi connectivity index (χ1) is 14.5. The van der Waals surface area contributed by atoms with Gasteiger partial charge >= 0.3 is 0 Å². The van der Waals surface area contributed by atoms with Crippen molar-refractivity contribution < 1.29 is 56.3 Å². The van der Waals surface area contributed by atoms with Gasteiger partial charge < -0.3 is 70.0 Å². The van der Waals surface area contributed by atoms with Gasteiger partial charge in [0.15, 0.2) is 5.82 Å². The predicted molar refractivity (Wildman–Crippen MR) is 121 cm³/mol. The standard InChI is InChI=1S/C12H20N5O12P3.4H3N/c1-12(14)9(18)8(4-26-31(22,23)29-32(24,25)28-30(19,20)21)27-10(12)6-2-3-7-11(13)15-5-16-17(6)7;;;;/h2-3,5,8-10,18H,4,14H2,1H3,(H,22,23)(H,24,25)(H2,13,15,16)(H2,19,20,21);4*1H3/p+1/t8-,9-,10+,12-;;;;/m1..../s1. The van der Waals surface area contributed by atoms with Crippen molar-refractivity contribution in [1.82, 2.24) is 39.2 Å². The largest absolute Gasteiger partial charge is 0.756 e. The molecule has 3 heterocycles. The van der Waals surface area contributed by atoms with Gasteiger partial charge in [-0.15, -0.1) is 0 Å². The van der Waals surface area contributed by atoms with Gasteiger partial charge in [-0.05, 0) is 19.1 Å². The molecule has 0 saturated carbocycles. The molecule has 1 saturated heterocycles. The molecular weight excluding hydrogens is 555 g/mol. The number of rotatable bonds is 8. The fourth-order valence-corrected chi connectivity index (χ4v) is 5.99. The maximum Gasteiger partial charge on any atom is 0.280 e. The number of aromatic nitrogens is 3. The monoisotopic (exact) mass is 588 g/mol. The Morgan fingerprint density at radius 1 is 1.14 bits per heavy atom. The van der Waals surface area contributed by atoms with E-state index in [9.17, 15) is 33.5 Å². The Hall–Kier alpha value is -1.45. The van der Waals surface area contributed by atoms with Gasteiger partial charge in [0.05, 0.1) is 17.8 Å². The molecule has 3 rings (SSSR count). The molecule has 7 atom stereocenters. The van der Waals surface area contributed by atoms with Gasteiger partial charge in [0, 0.05) is 0 Å². The summed E-state index contributed by atoms with van der Waals surface area (Å²) in [6, 6.07) is 3.12. The van der Waals surface area contributed by atoms with E-state index >= 15 is 0 Å². The minimum atomic E-state index is -6.06. The zero-order valence-corrected chi connectivity index (χ0v) is 22.7. The van der Waals surface area contributed by atoms with Gasteiger partial charge in [0.2, 0.25) is 0 Å². The first-order valence-electron chi connectivity index (χ1n) is 8.46. The zero-order chi connectivity index (χ0) is 24.1. The number of nitrogens with zero attached hydrogens (tertiary/aromatic N) is 3. The van der Waals surface area contributed by atoms with Crippen LogP contribution in [0.5, 0.6) is 0 Å². The van der Waals surface area contributed by atoms with Crippen LogP contribution in [-0.4, -0.2) is 49.0 Å². The van der Waals surface area contributed by atoms with E-state index in [1.807, 2.05) is 0 Å². The van der Waals surface area contributed by atoms with E-state index in [1.54, 1.807) is 12.1 Å². The number of nitrogen functional groups attached to an aromatic ring is 1. The summed E-state index contributed by atoms with van der Waals surface area (Å²) < 4.78 is 51.5. The average Bonchev–Trinajstić information content (AvgIpc) is 3.11. The number of phosphoric ester groups is 1. The summed E-state index contributed by atoms with van der Waals surface area (Å²) >= 11 is 0. The van der Waals surface area contributed by atoms with Crippen molar-refractivity contribution in [2.24, 2.45) is 5.73 Å². The van der Waals surface area contributed by atoms with Crippen LogP contribution in [0.1, 0.15) is 18.7 Å². The lowest BCUT2D eigenvalue weighted by Gasteiger charge is -2.33. The number of fused-ring (bicyclic) bond motifs is 1. The number of aliphatic hydroxyl groups excluding tert-OH is 1. The fourth-order valence-electron chi connectivity index (χ4n) is 3.09. The van der Waals surface area contributed by atoms with Crippen molar-refractivity contribution in [2.45, 2.75) is 30.8 Å². The molecule has 212 valence electrons. The Labute approximate surface area is 203 Å². The number of aliphatic hydroxyl groups is 1. The molecule has 2 aromatic heterocycles. The van der Waals surface area contributed by atoms with Crippen molar-refractivity contribution in [2.75, 3.05) is 12.3 Å². The van der Waals surface area contributed by atoms with E-state index in [4.69, 9.17) is 21.1 Å². The average molecular weight is 588 g/mol. The Balaban J connectivity index is 0. The van der Waals surface area contributed by atoms with Crippen LogP contribution in [0.25, 0.3) is 5.52 Å². The van der Waals surface area contributed by atoms with Crippen LogP contribution in [0.4, 0.5) is 5.82 Å². The maximum atomic E-state index is 11.7. The molecule has 1 aliphatic rings. The molecular formula is C12H33N9O12P3+. The van der Waals surface area contributed by atoms with Gasteiger partial charge in [-0.2, -0.15) is 5.10 Å². The van der Waals surface area contributed by atoms with Crippen molar-refractivity contribution >= 4 is 34.8 Å². The van der Waals surface area contributed by atoms with Crippen molar-refractivity contribution in [3.63, 3.8) is 0 Å². The number of hydrogen-bond acceptors (Lipinski definition) is 15. The molecule has 0 radical (unpaired) electrons. The third kappa shape index (κ3) is 8.02. The molecule has 0 spiro atoms. The SMILES string of the molecule is C[C@@]1(N)[C@H](O)[C@@H](COP(=O)([O-])OP(=O)([O-])OP(=O)([O-])O)O[C@H]1c1ccc2c(N)ncnn12.[NH4+].[NH4+].[NH4+].[NH4+]. The number of quaternary nitrogens is 4. The molecule has 36 heavy (non-hydrogen) atoms. The molecule has 3 unspecified atom stereocenters. The topological polar surface area (TPSA) is 426 Å². The van der Waals surface area contributed by atoms with Crippen LogP contribution in [0.2, 0.25) is 0 Å². The Kier molecular flexibility index (Phi) is 12.6. The van der Waals surface area contributed by atoms with E-state index in [1.165, 1.54) is 17.8 Å². The number of phosphoric acid groups is 3. The van der Waals surface area contributed by atoms with Gasteiger partial charge in [-0.25, -0.2) is 18.1 Å². The quantitative estimate of drug-likeness (QED) is 0.167. The summed E-state index contributed by atoms with van der Waals surface area (Å²) in [5, 5.41) is 14.5. The van der Waals surface area contributed by atoms with Crippen LogP contribution in [0.3, 0.4) is 0 Å². The minimum Gasteiger partial charge on any atom is -0.756 e. The van der Waals surface area contributed by atoms with E-state index in [0.29, 0.717) is 11.2 Å². The third-order valence-corrected chi connectivity index (χ3v) is 8.14. The summed E-state index contributed by atoms with van der Waals surface area (Å²) in [7, 11) is -17.7. The third-order valence-electron chi connectivity index (χ3n) is 4.45. The number of ether oxygens (including phenoxy) is 1. The Morgan fingerprint density at radius 2 is 1.72 bits per heavy atom. The maximum absolute atomic E-state index is 11.7. The number of nitrogens with two attached hydrogens (primary N) is 2. The lowest BCUT2D eigenvalue weighted by molar-refractivity contribution is -0.250. The smallest absolute Gasteiger partial charge is 0.280 e. The first-order valence-corrected chi connectivity index (χ1v) is 12.9. The number of anilines is 1. The van der Waals surface area contributed by atoms with Crippen LogP contribution in [0.15, 0.2) is 18.5 Å². The Bertz CT molecular complexity index is 1160. The lowest BCUT2D eigenvalue weighted by atomic mass is 9.88. The second-order valence-corrected chi connectivity index (χ2v) is 11.2. The lowest BCUT2D eigenvalue weighted by Crippen LogP contribution is -2.51. The summed E-state index contributed by atoms with van der Waals surface area (Å²) in [6.45, 7) is 0.437. The molecule has 0 bridgehead atoms. The first kappa shape index (κ1) is 36.7. The Morgan fingerprint density at radius 3 is 2.28 bits per heavy atom. The molecule has 22 N–H and O–H groups in total. The molecule has 0 amide bonds. The molecule has 1 aliphatic heterocycles. The van der Waals surface area contributed by atoms with Crippen LogP contribution in [0, 0.1) is 0 Å². The summed E-state index contributed by atoms with van der Waals surface area (Å²) in [5.41, 5.74) is 11.2. The summed E-state index contributed by atoms with van der Waals surface area (Å²) in [6.07, 6.45) is -2.80. The van der Waals surface area contributed by atoms with E-state index < -0.39 is 53.9 Å². The van der Waals surface area contributed by atoms with E-state index in [-0.39, 0.29) is 30.4 Å². The second kappa shape index (κ2) is 12.4. The molecule has 21 nitrogen and oxygen atoms in total. The molecule has 0 aromatic carbocycles. The van der Waals surface area contributed by atoms with Crippen LogP contribution >= 0.6 is 23.5 Å². The van der Waals surface area contributed by atoms with Crippen molar-refractivity contribution in [1.29, 1.82) is 0 Å². The second-order valence-electron chi connectivity index (χ2n) is 6.89. The molecule has 0 aliphatic carbocycles. The fraction of sp³-hybridized carbons (Fsp3) is 0.500. The highest BCUT2D eigenvalue weighted by Crippen LogP contribution is 2.61. The predicted octanol–water partition coefficient (Wildman–Crippen LogP) is -1.22. The van der Waals surface area contributed by atoms with E-state index in [2.05, 4.69) is 23.2 Å². The molecule has 1 fully saturated rings. The highest BCUT2D eigenvalue weighted by Gasteiger charge is 2.52. The van der Waals surface area contributed by atoms with Gasteiger partial charge in [-0.1, -0.05) is 0 Å². The highest BCUT2D eigenvalue weighted by atomic mass is 31.3. The minimum absolute atomic E-state index is 0. The number of hydrogen-bond donors (Lipinski definition) is 8. The van der Waals surface area contributed by atoms with Crippen molar-refractivity contribution in [3.05, 3.63) is 24.2 Å². The van der Waals surface area contributed by atoms with Gasteiger partial charge in [0.1, 0.15) is 30.2 Å². The molecule has 24 heteroatoms. The summed E-state index contributed by atoms with van der Waals surface area (Å²) in [5.74, 6) is 0.155. The molecule has 2 aromatic rings. The van der Waals surface area contributed by atoms with E-state index in [0.717, 1.165) is 0 Å².